The SMILES string of the molecule is CC1(C)OB(c2ccc3c(C(=O)O)cccc3c2Cl)OC1(C)C. The molecule has 0 amide bonds. The first-order chi connectivity index (χ1) is 10.6. The van der Waals surface area contributed by atoms with E-state index in [1.54, 1.807) is 30.3 Å². The minimum Gasteiger partial charge on any atom is -0.478 e. The molecular formula is C17H18BClO4. The van der Waals surface area contributed by atoms with Crippen LogP contribution in [0, 0.1) is 0 Å². The van der Waals surface area contributed by atoms with Crippen LogP contribution in [-0.4, -0.2) is 29.4 Å². The number of fused-ring (bicyclic) bond motifs is 1. The maximum atomic E-state index is 11.3. The van der Waals surface area contributed by atoms with E-state index in [4.69, 9.17) is 20.9 Å². The molecule has 6 heteroatoms. The third-order valence-electron chi connectivity index (χ3n) is 4.76. The first-order valence-electron chi connectivity index (χ1n) is 7.44. The monoisotopic (exact) mass is 332 g/mol. The molecule has 2 aromatic carbocycles. The van der Waals surface area contributed by atoms with Crippen LogP contribution in [0.4, 0.5) is 0 Å². The second-order valence-corrected chi connectivity index (χ2v) is 7.14. The molecule has 3 rings (SSSR count). The third kappa shape index (κ3) is 2.53. The molecule has 23 heavy (non-hydrogen) atoms. The fourth-order valence-electron chi connectivity index (χ4n) is 2.68. The van der Waals surface area contributed by atoms with Gasteiger partial charge in [-0.05, 0) is 39.1 Å². The van der Waals surface area contributed by atoms with Gasteiger partial charge in [-0.1, -0.05) is 35.9 Å². The maximum Gasteiger partial charge on any atom is 0.496 e. The second-order valence-electron chi connectivity index (χ2n) is 6.76. The first kappa shape index (κ1) is 16.3. The van der Waals surface area contributed by atoms with Gasteiger partial charge in [-0.15, -0.1) is 0 Å². The minimum absolute atomic E-state index is 0.227. The number of carboxylic acid groups (broad SMARTS) is 1. The van der Waals surface area contributed by atoms with E-state index >= 15 is 0 Å². The number of carbonyl (C=O) groups is 1. The molecule has 1 N–H and O–H groups in total. The normalized spacial score (nSPS) is 19.3. The maximum absolute atomic E-state index is 11.3. The quantitative estimate of drug-likeness (QED) is 0.855. The Kier molecular flexibility index (Phi) is 3.71. The van der Waals surface area contributed by atoms with E-state index in [1.807, 2.05) is 27.7 Å². The average molecular weight is 333 g/mol. The molecule has 0 radical (unpaired) electrons. The molecule has 0 spiro atoms. The van der Waals surface area contributed by atoms with E-state index in [0.717, 1.165) is 0 Å². The highest BCUT2D eigenvalue weighted by atomic mass is 35.5. The van der Waals surface area contributed by atoms with Crippen molar-refractivity contribution in [3.8, 4) is 0 Å². The standard InChI is InChI=1S/C17H18BClO4/c1-16(2)17(3,4)23-18(22-16)13-9-8-10-11(14(13)19)6-5-7-12(10)15(20)21/h5-9H,1-4H3,(H,20,21). The Bertz CT molecular complexity index is 785. The number of benzene rings is 2. The van der Waals surface area contributed by atoms with Gasteiger partial charge in [0.05, 0.1) is 16.8 Å². The Labute approximate surface area is 140 Å². The highest BCUT2D eigenvalue weighted by Crippen LogP contribution is 2.37. The molecule has 1 aliphatic heterocycles. The average Bonchev–Trinajstić information content (AvgIpc) is 2.67. The Hall–Kier alpha value is -1.56. The highest BCUT2D eigenvalue weighted by Gasteiger charge is 2.52. The Balaban J connectivity index is 2.11. The summed E-state index contributed by atoms with van der Waals surface area (Å²) in [5.41, 5.74) is 0.0165. The molecule has 0 saturated carbocycles. The summed E-state index contributed by atoms with van der Waals surface area (Å²) >= 11 is 6.53. The largest absolute Gasteiger partial charge is 0.496 e. The Morgan fingerprint density at radius 2 is 1.65 bits per heavy atom. The van der Waals surface area contributed by atoms with Crippen LogP contribution < -0.4 is 5.46 Å². The summed E-state index contributed by atoms with van der Waals surface area (Å²) in [6.45, 7) is 7.91. The van der Waals surface area contributed by atoms with E-state index in [2.05, 4.69) is 0 Å². The fourth-order valence-corrected chi connectivity index (χ4v) is 2.99. The van der Waals surface area contributed by atoms with Crippen LogP contribution in [-0.2, 0) is 9.31 Å². The molecule has 0 bridgehead atoms. The summed E-state index contributed by atoms with van der Waals surface area (Å²) in [4.78, 5) is 11.3. The van der Waals surface area contributed by atoms with Gasteiger partial charge >= 0.3 is 13.1 Å². The van der Waals surface area contributed by atoms with Crippen molar-refractivity contribution < 1.29 is 19.2 Å². The fraction of sp³-hybridized carbons (Fsp3) is 0.353. The van der Waals surface area contributed by atoms with Gasteiger partial charge in [0.2, 0.25) is 0 Å². The topological polar surface area (TPSA) is 55.8 Å². The summed E-state index contributed by atoms with van der Waals surface area (Å²) < 4.78 is 12.1. The van der Waals surface area contributed by atoms with Crippen LogP contribution in [0.15, 0.2) is 30.3 Å². The number of hydrogen-bond acceptors (Lipinski definition) is 3. The lowest BCUT2D eigenvalue weighted by molar-refractivity contribution is 0.00578. The molecule has 0 unspecified atom stereocenters. The molecule has 0 aromatic heterocycles. The van der Waals surface area contributed by atoms with Gasteiger partial charge in [0, 0.05) is 15.9 Å². The van der Waals surface area contributed by atoms with Crippen molar-refractivity contribution in [2.45, 2.75) is 38.9 Å². The van der Waals surface area contributed by atoms with E-state index in [9.17, 15) is 9.90 Å². The van der Waals surface area contributed by atoms with Gasteiger partial charge in [0.1, 0.15) is 0 Å². The molecule has 1 aliphatic rings. The third-order valence-corrected chi connectivity index (χ3v) is 5.19. The van der Waals surface area contributed by atoms with Gasteiger partial charge in [-0.3, -0.25) is 0 Å². The van der Waals surface area contributed by atoms with E-state index < -0.39 is 24.3 Å². The second kappa shape index (κ2) is 5.23. The molecule has 0 aliphatic carbocycles. The summed E-state index contributed by atoms with van der Waals surface area (Å²) in [5, 5.41) is 11.0. The molecule has 1 saturated heterocycles. The van der Waals surface area contributed by atoms with Crippen molar-refractivity contribution in [2.24, 2.45) is 0 Å². The van der Waals surface area contributed by atoms with Gasteiger partial charge in [0.25, 0.3) is 0 Å². The summed E-state index contributed by atoms with van der Waals surface area (Å²) in [7, 11) is -0.578. The number of rotatable bonds is 2. The zero-order valence-electron chi connectivity index (χ0n) is 13.5. The van der Waals surface area contributed by atoms with Crippen molar-refractivity contribution in [2.75, 3.05) is 0 Å². The van der Waals surface area contributed by atoms with Crippen molar-refractivity contribution in [3.63, 3.8) is 0 Å². The summed E-state index contributed by atoms with van der Waals surface area (Å²) in [6, 6.07) is 8.59. The van der Waals surface area contributed by atoms with Gasteiger partial charge in [-0.2, -0.15) is 0 Å². The molecular weight excluding hydrogens is 314 g/mol. The van der Waals surface area contributed by atoms with Crippen LogP contribution in [0.2, 0.25) is 5.02 Å². The van der Waals surface area contributed by atoms with Gasteiger partial charge in [-0.25, -0.2) is 4.79 Å². The van der Waals surface area contributed by atoms with Crippen LogP contribution in [0.3, 0.4) is 0 Å². The summed E-state index contributed by atoms with van der Waals surface area (Å²) in [5.74, 6) is -0.977. The molecule has 2 aromatic rings. The predicted molar refractivity (Wildman–Crippen MR) is 91.6 cm³/mol. The smallest absolute Gasteiger partial charge is 0.478 e. The number of aromatic carboxylic acids is 1. The van der Waals surface area contributed by atoms with Gasteiger partial charge in [0.15, 0.2) is 0 Å². The van der Waals surface area contributed by atoms with E-state index in [-0.39, 0.29) is 5.56 Å². The van der Waals surface area contributed by atoms with E-state index in [0.29, 0.717) is 21.3 Å². The zero-order valence-corrected chi connectivity index (χ0v) is 14.3. The Morgan fingerprint density at radius 1 is 1.04 bits per heavy atom. The van der Waals surface area contributed by atoms with Crippen LogP contribution in [0.5, 0.6) is 0 Å². The highest BCUT2D eigenvalue weighted by molar-refractivity contribution is 6.66. The molecule has 0 atom stereocenters. The number of hydrogen-bond donors (Lipinski definition) is 1. The van der Waals surface area contributed by atoms with Crippen molar-refractivity contribution in [3.05, 3.63) is 40.9 Å². The van der Waals surface area contributed by atoms with Crippen molar-refractivity contribution in [1.82, 2.24) is 0 Å². The lowest BCUT2D eigenvalue weighted by atomic mass is 9.78. The molecule has 1 heterocycles. The molecule has 4 nitrogen and oxygen atoms in total. The van der Waals surface area contributed by atoms with Crippen LogP contribution >= 0.6 is 11.6 Å². The predicted octanol–water partition coefficient (Wildman–Crippen LogP) is 3.49. The van der Waals surface area contributed by atoms with E-state index in [1.165, 1.54) is 0 Å². The Morgan fingerprint density at radius 3 is 2.22 bits per heavy atom. The lowest BCUT2D eigenvalue weighted by Gasteiger charge is -2.32. The number of carboxylic acids is 1. The minimum atomic E-state index is -0.977. The number of halogens is 1. The summed E-state index contributed by atoms with van der Waals surface area (Å²) in [6.07, 6.45) is 0. The van der Waals surface area contributed by atoms with Crippen molar-refractivity contribution >= 4 is 40.9 Å². The molecule has 120 valence electrons. The molecule has 1 fully saturated rings. The first-order valence-corrected chi connectivity index (χ1v) is 7.82. The zero-order chi connectivity index (χ0) is 17.0. The van der Waals surface area contributed by atoms with Gasteiger partial charge < -0.3 is 14.4 Å². The van der Waals surface area contributed by atoms with Crippen LogP contribution in [0.1, 0.15) is 38.1 Å². The van der Waals surface area contributed by atoms with Crippen LogP contribution in [0.25, 0.3) is 10.8 Å². The van der Waals surface area contributed by atoms with Crippen molar-refractivity contribution in [1.29, 1.82) is 0 Å². The lowest BCUT2D eigenvalue weighted by Crippen LogP contribution is -2.41.